The van der Waals surface area contributed by atoms with E-state index in [0.29, 0.717) is 18.1 Å². The molecule has 2 heterocycles. The number of fused-ring (bicyclic) bond motifs is 1. The van der Waals surface area contributed by atoms with Crippen LogP contribution in [0.3, 0.4) is 0 Å². The molecule has 1 aliphatic heterocycles. The third-order valence-corrected chi connectivity index (χ3v) is 5.02. The van der Waals surface area contributed by atoms with Crippen molar-refractivity contribution >= 4 is 29.3 Å². The number of likely N-dealkylation sites (tertiary alicyclic amines) is 1. The Morgan fingerprint density at radius 2 is 2.16 bits per heavy atom. The molecule has 0 saturated carbocycles. The molecule has 1 aromatic heterocycles. The van der Waals surface area contributed by atoms with Crippen LogP contribution in [0, 0.1) is 5.92 Å². The molecular formula is C20H29ClN2O2. The fraction of sp³-hybridized carbons (Fsp3) is 0.550. The first-order chi connectivity index (χ1) is 11.8. The summed E-state index contributed by atoms with van der Waals surface area (Å²) in [7, 11) is 0. The monoisotopic (exact) mass is 364 g/mol. The Kier molecular flexibility index (Phi) is 7.79. The van der Waals surface area contributed by atoms with Gasteiger partial charge < -0.3 is 14.6 Å². The first-order valence-corrected chi connectivity index (χ1v) is 9.23. The molecule has 1 aromatic carbocycles. The lowest BCUT2D eigenvalue weighted by molar-refractivity contribution is 0.0486. The number of H-pyrrole nitrogens is 1. The summed E-state index contributed by atoms with van der Waals surface area (Å²) < 4.78 is 5.51. The molecule has 0 amide bonds. The number of carbonyl (C=O) groups excluding carboxylic acids is 1. The molecule has 1 N–H and O–H groups in total. The van der Waals surface area contributed by atoms with E-state index in [-0.39, 0.29) is 18.4 Å². The first kappa shape index (κ1) is 19.8. The molecular weight excluding hydrogens is 336 g/mol. The summed E-state index contributed by atoms with van der Waals surface area (Å²) in [5.41, 5.74) is 1.61. The maximum atomic E-state index is 12.3. The molecule has 1 aliphatic rings. The van der Waals surface area contributed by atoms with Gasteiger partial charge in [-0.3, -0.25) is 0 Å². The minimum atomic E-state index is -0.217. The van der Waals surface area contributed by atoms with Crippen molar-refractivity contribution < 1.29 is 9.53 Å². The van der Waals surface area contributed by atoms with Crippen molar-refractivity contribution in [2.24, 2.45) is 5.92 Å². The highest BCUT2D eigenvalue weighted by Gasteiger charge is 2.22. The Morgan fingerprint density at radius 1 is 1.32 bits per heavy atom. The lowest BCUT2D eigenvalue weighted by atomic mass is 10.1. The molecule has 2 aromatic rings. The molecule has 3 rings (SSSR count). The van der Waals surface area contributed by atoms with Gasteiger partial charge in [-0.05, 0) is 44.3 Å². The topological polar surface area (TPSA) is 45.3 Å². The highest BCUT2D eigenvalue weighted by atomic mass is 35.5. The summed E-state index contributed by atoms with van der Waals surface area (Å²) in [5, 5.41) is 0.936. The number of aromatic nitrogens is 1. The summed E-state index contributed by atoms with van der Waals surface area (Å²) in [6.07, 6.45) is 7.86. The fourth-order valence-corrected chi connectivity index (χ4v) is 3.57. The van der Waals surface area contributed by atoms with Crippen molar-refractivity contribution in [3.8, 4) is 0 Å². The molecule has 4 nitrogen and oxygen atoms in total. The van der Waals surface area contributed by atoms with Crippen molar-refractivity contribution in [2.45, 2.75) is 39.0 Å². The summed E-state index contributed by atoms with van der Waals surface area (Å²) in [4.78, 5) is 18.0. The van der Waals surface area contributed by atoms with Crippen LogP contribution in [0.1, 0.15) is 49.4 Å². The second-order valence-corrected chi connectivity index (χ2v) is 6.83. The SMILES string of the molecule is CCCCCN1CCC(CCOC(=O)c2c[nH]c3ccccc23)C1.Cl. The van der Waals surface area contributed by atoms with Crippen LogP contribution in [0.25, 0.3) is 10.9 Å². The van der Waals surface area contributed by atoms with Crippen LogP contribution in [-0.2, 0) is 4.74 Å². The van der Waals surface area contributed by atoms with Gasteiger partial charge in [0.1, 0.15) is 0 Å². The van der Waals surface area contributed by atoms with E-state index >= 15 is 0 Å². The van der Waals surface area contributed by atoms with Crippen molar-refractivity contribution in [1.82, 2.24) is 9.88 Å². The molecule has 1 saturated heterocycles. The second-order valence-electron chi connectivity index (χ2n) is 6.83. The van der Waals surface area contributed by atoms with Gasteiger partial charge in [0.15, 0.2) is 0 Å². The molecule has 138 valence electrons. The Morgan fingerprint density at radius 3 is 3.00 bits per heavy atom. The summed E-state index contributed by atoms with van der Waals surface area (Å²) in [6.45, 7) is 6.35. The number of hydrogen-bond donors (Lipinski definition) is 1. The quantitative estimate of drug-likeness (QED) is 0.547. The lowest BCUT2D eigenvalue weighted by Crippen LogP contribution is -2.22. The fourth-order valence-electron chi connectivity index (χ4n) is 3.57. The predicted octanol–water partition coefficient (Wildman–Crippen LogP) is 4.65. The molecule has 0 bridgehead atoms. The normalized spacial score (nSPS) is 17.6. The van der Waals surface area contributed by atoms with Gasteiger partial charge in [0.05, 0.1) is 12.2 Å². The highest BCUT2D eigenvalue weighted by molar-refractivity contribution is 6.03. The highest BCUT2D eigenvalue weighted by Crippen LogP contribution is 2.21. The molecule has 1 fully saturated rings. The van der Waals surface area contributed by atoms with Crippen molar-refractivity contribution in [3.63, 3.8) is 0 Å². The Balaban J connectivity index is 0.00000225. The smallest absolute Gasteiger partial charge is 0.340 e. The van der Waals surface area contributed by atoms with E-state index in [4.69, 9.17) is 4.74 Å². The van der Waals surface area contributed by atoms with Gasteiger partial charge in [-0.1, -0.05) is 38.0 Å². The van der Waals surface area contributed by atoms with E-state index in [1.807, 2.05) is 24.3 Å². The van der Waals surface area contributed by atoms with Gasteiger partial charge >= 0.3 is 5.97 Å². The van der Waals surface area contributed by atoms with Crippen molar-refractivity contribution in [3.05, 3.63) is 36.0 Å². The van der Waals surface area contributed by atoms with Gasteiger partial charge in [0.2, 0.25) is 0 Å². The number of hydrogen-bond acceptors (Lipinski definition) is 3. The Hall–Kier alpha value is -1.52. The number of esters is 1. The number of nitrogens with one attached hydrogen (secondary N) is 1. The summed E-state index contributed by atoms with van der Waals surface area (Å²) in [6, 6.07) is 7.82. The zero-order valence-electron chi connectivity index (χ0n) is 15.0. The maximum Gasteiger partial charge on any atom is 0.340 e. The third kappa shape index (κ3) is 5.23. The lowest BCUT2D eigenvalue weighted by Gasteiger charge is -2.15. The van der Waals surface area contributed by atoms with Crippen molar-refractivity contribution in [2.75, 3.05) is 26.2 Å². The van der Waals surface area contributed by atoms with Crippen molar-refractivity contribution in [1.29, 1.82) is 0 Å². The number of benzene rings is 1. The van der Waals surface area contributed by atoms with E-state index < -0.39 is 0 Å². The van der Waals surface area contributed by atoms with E-state index in [1.165, 1.54) is 38.8 Å². The average Bonchev–Trinajstić information content (AvgIpc) is 3.22. The molecule has 5 heteroatoms. The number of aromatic amines is 1. The van der Waals surface area contributed by atoms with Crippen LogP contribution < -0.4 is 0 Å². The van der Waals surface area contributed by atoms with Crippen LogP contribution in [0.15, 0.2) is 30.5 Å². The van der Waals surface area contributed by atoms with Crippen LogP contribution in [0.4, 0.5) is 0 Å². The van der Waals surface area contributed by atoms with E-state index in [0.717, 1.165) is 23.9 Å². The second kappa shape index (κ2) is 9.83. The summed E-state index contributed by atoms with van der Waals surface area (Å²) >= 11 is 0. The standard InChI is InChI=1S/C20H28N2O2.ClH/c1-2-3-6-11-22-12-9-16(15-22)10-13-24-20(23)18-14-21-19-8-5-4-7-17(18)19;/h4-5,7-8,14,16,21H,2-3,6,9-13,15H2,1H3;1H. The molecule has 0 aliphatic carbocycles. The van der Waals surface area contributed by atoms with Gasteiger partial charge in [-0.25, -0.2) is 4.79 Å². The molecule has 0 radical (unpaired) electrons. The zero-order valence-corrected chi connectivity index (χ0v) is 15.8. The van der Waals surface area contributed by atoms with Gasteiger partial charge in [-0.15, -0.1) is 12.4 Å². The number of para-hydroxylation sites is 1. The molecule has 25 heavy (non-hydrogen) atoms. The summed E-state index contributed by atoms with van der Waals surface area (Å²) in [5.74, 6) is 0.452. The molecule has 1 unspecified atom stereocenters. The number of rotatable bonds is 8. The van der Waals surface area contributed by atoms with Crippen LogP contribution in [0.2, 0.25) is 0 Å². The zero-order chi connectivity index (χ0) is 16.8. The van der Waals surface area contributed by atoms with Crippen LogP contribution >= 0.6 is 12.4 Å². The number of ether oxygens (including phenoxy) is 1. The predicted molar refractivity (Wildman–Crippen MR) is 105 cm³/mol. The largest absolute Gasteiger partial charge is 0.462 e. The Bertz CT molecular complexity index is 671. The number of unbranched alkanes of at least 4 members (excludes halogenated alkanes) is 2. The minimum Gasteiger partial charge on any atom is -0.462 e. The Labute approximate surface area is 156 Å². The molecule has 0 spiro atoms. The van der Waals surface area contributed by atoms with E-state index in [2.05, 4.69) is 16.8 Å². The van der Waals surface area contributed by atoms with Gasteiger partial charge in [-0.2, -0.15) is 0 Å². The van der Waals surface area contributed by atoms with Gasteiger partial charge in [0.25, 0.3) is 0 Å². The van der Waals surface area contributed by atoms with E-state index in [1.54, 1.807) is 6.20 Å². The number of halogens is 1. The van der Waals surface area contributed by atoms with Crippen LogP contribution in [0.5, 0.6) is 0 Å². The van der Waals surface area contributed by atoms with Gasteiger partial charge in [0, 0.05) is 23.6 Å². The minimum absolute atomic E-state index is 0. The maximum absolute atomic E-state index is 12.3. The van der Waals surface area contributed by atoms with E-state index in [9.17, 15) is 4.79 Å². The van der Waals surface area contributed by atoms with Crippen LogP contribution in [-0.4, -0.2) is 42.1 Å². The number of carbonyl (C=O) groups is 1. The third-order valence-electron chi connectivity index (χ3n) is 5.02. The average molecular weight is 365 g/mol. The molecule has 1 atom stereocenters. The number of nitrogens with zero attached hydrogens (tertiary/aromatic N) is 1. The first-order valence-electron chi connectivity index (χ1n) is 9.23.